The third kappa shape index (κ3) is 10.4. The monoisotopic (exact) mass is 1220 g/mol. The minimum absolute atomic E-state index is 0.0775. The first-order valence-corrected chi connectivity index (χ1v) is 31.8. The van der Waals surface area contributed by atoms with Gasteiger partial charge in [0.15, 0.2) is 0 Å². The Hall–Kier alpha value is -9.87. The first kappa shape index (κ1) is 61.0. The summed E-state index contributed by atoms with van der Waals surface area (Å²) in [7, 11) is 0. The Bertz CT molecular complexity index is 4550. The molecule has 11 heteroatoms. The van der Waals surface area contributed by atoms with Gasteiger partial charge in [-0.1, -0.05) is 178 Å². The fraction of sp³-hybridized carbons (Fsp3) is 0.272. The van der Waals surface area contributed by atoms with E-state index in [2.05, 4.69) is 116 Å². The number of carbonyl (C=O) groups is 4. The van der Waals surface area contributed by atoms with Crippen molar-refractivity contribution >= 4 is 78.1 Å². The molecule has 10 aromatic carbocycles. The van der Waals surface area contributed by atoms with Crippen molar-refractivity contribution in [2.24, 2.45) is 0 Å². The van der Waals surface area contributed by atoms with Crippen LogP contribution >= 0.6 is 0 Å². The lowest BCUT2D eigenvalue weighted by Gasteiger charge is -2.34. The topological polar surface area (TPSA) is 125 Å². The lowest BCUT2D eigenvalue weighted by Crippen LogP contribution is -2.42. The number of pyridine rings is 1. The Labute approximate surface area is 538 Å². The average molecular weight is 1220 g/mol. The SMILES string of the molecule is CC(C)c1cccc(C(C)C)c1N1C(=O)c2cc(Oc3ccc(C(C)(C)C)cc3)c3c4c(Oc5ccc(C(C)(C)C)cc5)cc5c6c(cc(Oc7ccc(C(C)(C)C)cc7)c(c7c(Oc8ccc(C(C)(C)C)cc8)cc(c2c37)C1=O)c64)C(=O)N(c1ccncc1)C5=O. The molecule has 4 amide bonds. The zero-order valence-electron chi connectivity index (χ0n) is 55.4. The molecule has 0 bridgehead atoms. The first-order chi connectivity index (χ1) is 43.5. The third-order valence-corrected chi connectivity index (χ3v) is 18.2. The number of para-hydroxylation sites is 1. The molecule has 2 aliphatic rings. The molecule has 0 N–H and O–H groups in total. The summed E-state index contributed by atoms with van der Waals surface area (Å²) in [4.78, 5) is 71.2. The number of imide groups is 2. The second kappa shape index (κ2) is 21.9. The summed E-state index contributed by atoms with van der Waals surface area (Å²) in [5.41, 5.74) is 6.87. The van der Waals surface area contributed by atoms with Crippen LogP contribution in [0.5, 0.6) is 46.0 Å². The number of nitrogens with zero attached hydrogens (tertiary/aromatic N) is 3. The molecule has 0 atom stereocenters. The van der Waals surface area contributed by atoms with Crippen LogP contribution in [-0.2, 0) is 21.7 Å². The van der Waals surface area contributed by atoms with Crippen molar-refractivity contribution < 1.29 is 38.1 Å². The quantitative estimate of drug-likeness (QED) is 0.0668. The number of benzene rings is 10. The highest BCUT2D eigenvalue weighted by Gasteiger charge is 2.43. The van der Waals surface area contributed by atoms with Crippen molar-refractivity contribution in [2.45, 2.75) is 144 Å². The highest BCUT2D eigenvalue weighted by molar-refractivity contribution is 6.48. The van der Waals surface area contributed by atoms with Crippen molar-refractivity contribution in [2.75, 3.05) is 9.80 Å². The summed E-state index contributed by atoms with van der Waals surface area (Å²) >= 11 is 0. The van der Waals surface area contributed by atoms with E-state index >= 15 is 19.2 Å². The van der Waals surface area contributed by atoms with Crippen molar-refractivity contribution in [3.05, 3.63) is 220 Å². The zero-order chi connectivity index (χ0) is 65.4. The van der Waals surface area contributed by atoms with Gasteiger partial charge in [0.2, 0.25) is 0 Å². The van der Waals surface area contributed by atoms with Crippen molar-refractivity contribution in [3.63, 3.8) is 0 Å². The smallest absolute Gasteiger partial charge is 0.266 e. The van der Waals surface area contributed by atoms with E-state index in [4.69, 9.17) is 18.9 Å². The minimum Gasteiger partial charge on any atom is -0.457 e. The molecule has 464 valence electrons. The summed E-state index contributed by atoms with van der Waals surface area (Å²) in [6.07, 6.45) is 3.09. The Balaban J connectivity index is 1.25. The highest BCUT2D eigenvalue weighted by atomic mass is 16.5. The van der Waals surface area contributed by atoms with Gasteiger partial charge in [0.05, 0.1) is 33.6 Å². The van der Waals surface area contributed by atoms with E-state index in [-0.39, 0.29) is 78.7 Å². The number of aromatic nitrogens is 1. The van der Waals surface area contributed by atoms with Crippen molar-refractivity contribution in [1.82, 2.24) is 4.98 Å². The molecule has 0 fully saturated rings. The minimum atomic E-state index is -0.592. The predicted octanol–water partition coefficient (Wildman–Crippen LogP) is 21.3. The molecule has 0 unspecified atom stereocenters. The van der Waals surface area contributed by atoms with E-state index in [1.54, 1.807) is 48.8 Å². The number of hydrogen-bond donors (Lipinski definition) is 0. The van der Waals surface area contributed by atoms with Gasteiger partial charge in [-0.05, 0) is 152 Å². The number of fused-ring (bicyclic) bond motifs is 2. The molecule has 11 nitrogen and oxygen atoms in total. The van der Waals surface area contributed by atoms with Crippen LogP contribution < -0.4 is 28.7 Å². The summed E-state index contributed by atoms with van der Waals surface area (Å²) in [5, 5.41) is 3.29. The lowest BCUT2D eigenvalue weighted by molar-refractivity contribution is 0.0877. The number of hydrogen-bond acceptors (Lipinski definition) is 9. The summed E-state index contributed by atoms with van der Waals surface area (Å²) in [6, 6.07) is 47.7. The van der Waals surface area contributed by atoms with Gasteiger partial charge in [-0.25, -0.2) is 9.80 Å². The van der Waals surface area contributed by atoms with Crippen LogP contribution in [0, 0.1) is 0 Å². The molecule has 92 heavy (non-hydrogen) atoms. The first-order valence-electron chi connectivity index (χ1n) is 31.8. The standard InChI is InChI=1S/C81H77N3O8/c1-44(2)55-18-17-19-56(45(3)4)73(55)84-76(87)59-42-63(91-53-32-24-48(25-33-53)80(11,12)13)69-67-61(89-51-28-20-46(21-29-51)78(5,6)7)40-57-65-58(75(86)83(74(57)85)50-36-38-82-39-37-50)41-62(90-52-30-22-47(23-31-52)79(8,9)10)68(71(65)67)70-64(43-60(77(84)88)66(59)72(69)70)92-54-34-26-49(27-35-54)81(14,15)16/h17-45H,1-16H3. The van der Waals surface area contributed by atoms with Crippen molar-refractivity contribution in [1.29, 1.82) is 0 Å². The largest absolute Gasteiger partial charge is 0.457 e. The molecule has 0 saturated carbocycles. The van der Waals surface area contributed by atoms with Gasteiger partial charge in [0.1, 0.15) is 46.0 Å². The maximum absolute atomic E-state index is 16.4. The number of anilines is 2. The molecule has 11 aromatic rings. The Morgan fingerprint density at radius 3 is 0.837 bits per heavy atom. The fourth-order valence-corrected chi connectivity index (χ4v) is 13.1. The predicted molar refractivity (Wildman–Crippen MR) is 370 cm³/mol. The van der Waals surface area contributed by atoms with Crippen LogP contribution in [-0.4, -0.2) is 28.6 Å². The molecule has 3 heterocycles. The average Bonchev–Trinajstić information content (AvgIpc) is 0.673. The number of ether oxygens (including phenoxy) is 4. The summed E-state index contributed by atoms with van der Waals surface area (Å²) in [5.74, 6) is 0.378. The van der Waals surface area contributed by atoms with E-state index < -0.39 is 23.6 Å². The number of amides is 4. The normalized spacial score (nSPS) is 13.9. The van der Waals surface area contributed by atoms with E-state index in [1.165, 1.54) is 9.80 Å². The van der Waals surface area contributed by atoms with Crippen LogP contribution in [0.15, 0.2) is 164 Å². The molecular weight excluding hydrogens is 1140 g/mol. The zero-order valence-corrected chi connectivity index (χ0v) is 55.4. The van der Waals surface area contributed by atoms with Crippen LogP contribution in [0.1, 0.15) is 197 Å². The van der Waals surface area contributed by atoms with Gasteiger partial charge >= 0.3 is 0 Å². The molecule has 1 aromatic heterocycles. The van der Waals surface area contributed by atoms with Gasteiger partial charge in [-0.3, -0.25) is 24.2 Å². The van der Waals surface area contributed by atoms with Gasteiger partial charge < -0.3 is 18.9 Å². The third-order valence-electron chi connectivity index (χ3n) is 18.2. The van der Waals surface area contributed by atoms with Crippen LogP contribution in [0.25, 0.3) is 43.1 Å². The van der Waals surface area contributed by atoms with Gasteiger partial charge in [-0.15, -0.1) is 0 Å². The molecule has 0 spiro atoms. The molecule has 13 rings (SSSR count). The Kier molecular flexibility index (Phi) is 14.5. The second-order valence-corrected chi connectivity index (χ2v) is 29.4. The van der Waals surface area contributed by atoms with Crippen LogP contribution in [0.3, 0.4) is 0 Å². The second-order valence-electron chi connectivity index (χ2n) is 29.4. The molecule has 2 aliphatic heterocycles. The highest BCUT2D eigenvalue weighted by Crippen LogP contribution is 2.59. The molecule has 0 saturated heterocycles. The molecular formula is C81H77N3O8. The lowest BCUT2D eigenvalue weighted by atomic mass is 9.80. The van der Waals surface area contributed by atoms with Gasteiger partial charge in [-0.2, -0.15) is 0 Å². The van der Waals surface area contributed by atoms with E-state index in [9.17, 15) is 0 Å². The maximum atomic E-state index is 16.4. The fourth-order valence-electron chi connectivity index (χ4n) is 13.1. The van der Waals surface area contributed by atoms with Crippen LogP contribution in [0.4, 0.5) is 11.4 Å². The Morgan fingerprint density at radius 2 is 0.587 bits per heavy atom. The Morgan fingerprint density at radius 1 is 0.326 bits per heavy atom. The number of carbonyl (C=O) groups excluding carboxylic acids is 4. The van der Waals surface area contributed by atoms with Gasteiger partial charge in [0, 0.05) is 55.5 Å². The maximum Gasteiger partial charge on any atom is 0.266 e. The molecule has 0 aliphatic carbocycles. The number of rotatable bonds is 12. The summed E-state index contributed by atoms with van der Waals surface area (Å²) in [6.45, 7) is 34.1. The van der Waals surface area contributed by atoms with Crippen molar-refractivity contribution in [3.8, 4) is 46.0 Å². The summed E-state index contributed by atoms with van der Waals surface area (Å²) < 4.78 is 29.4. The van der Waals surface area contributed by atoms with E-state index in [1.807, 2.05) is 115 Å². The molecule has 0 radical (unpaired) electrons. The van der Waals surface area contributed by atoms with Crippen LogP contribution in [0.2, 0.25) is 0 Å². The van der Waals surface area contributed by atoms with E-state index in [0.717, 1.165) is 33.4 Å². The van der Waals surface area contributed by atoms with E-state index in [0.29, 0.717) is 77.5 Å². The van der Waals surface area contributed by atoms with Gasteiger partial charge in [0.25, 0.3) is 23.6 Å².